The van der Waals surface area contributed by atoms with Crippen LogP contribution in [0.3, 0.4) is 0 Å². The molecule has 0 fully saturated rings. The normalized spacial score (nSPS) is 12.5. The first-order chi connectivity index (χ1) is 16.8. The number of phenolic OH excluding ortho intramolecular Hbond substituents is 1. The van der Waals surface area contributed by atoms with Crippen LogP contribution in [-0.2, 0) is 26.5 Å². The smallest absolute Gasteiger partial charge is 0.141 e. The van der Waals surface area contributed by atoms with Gasteiger partial charge < -0.3 is 9.67 Å². The van der Waals surface area contributed by atoms with Crippen LogP contribution in [0.5, 0.6) is 5.75 Å². The Balaban J connectivity index is 0.00000267. The van der Waals surface area contributed by atoms with Crippen molar-refractivity contribution in [1.29, 1.82) is 0 Å². The molecule has 4 nitrogen and oxygen atoms in total. The first-order valence-electron chi connectivity index (χ1n) is 11.8. The van der Waals surface area contributed by atoms with Crippen molar-refractivity contribution in [2.45, 2.75) is 19.3 Å². The zero-order valence-corrected chi connectivity index (χ0v) is 20.9. The van der Waals surface area contributed by atoms with E-state index in [1.54, 1.807) is 18.3 Å². The average Bonchev–Trinajstić information content (AvgIpc) is 3.18. The Morgan fingerprint density at radius 3 is 2.59 bits per heavy atom. The van der Waals surface area contributed by atoms with Crippen LogP contribution in [0.25, 0.3) is 38.5 Å². The summed E-state index contributed by atoms with van der Waals surface area (Å²) in [5.74, 6) is 0.743. The molecule has 6 rings (SSSR count). The van der Waals surface area contributed by atoms with Gasteiger partial charge >= 0.3 is 0 Å². The quantitative estimate of drug-likeness (QED) is 0.227. The summed E-state index contributed by atoms with van der Waals surface area (Å²) in [4.78, 5) is 9.31. The van der Waals surface area contributed by atoms with Gasteiger partial charge in [-0.05, 0) is 35.7 Å². The molecule has 0 saturated heterocycles. The summed E-state index contributed by atoms with van der Waals surface area (Å²) >= 11 is 0. The predicted octanol–water partition coefficient (Wildman–Crippen LogP) is 6.56. The predicted molar refractivity (Wildman–Crippen MR) is 133 cm³/mol. The molecule has 0 saturated carbocycles. The summed E-state index contributed by atoms with van der Waals surface area (Å²) in [7, 11) is 0. The standard InChI is InChI=1S/C29H22N3O.Pt/c1-29(2,26-16-13-19-8-7-11-25(33)28(19)31-26)20-14-15-22-21-9-3-4-10-23(21)32(24(22)18-20)27-12-5-6-17-30-27;/h3-17,33H,1-2H3;/q-1;/i6D,7D;. The van der Waals surface area contributed by atoms with Crippen LogP contribution in [-0.4, -0.2) is 19.6 Å². The minimum absolute atomic E-state index is 0. The van der Waals surface area contributed by atoms with E-state index in [0.717, 1.165) is 44.3 Å². The minimum atomic E-state index is -0.506. The van der Waals surface area contributed by atoms with E-state index in [0.29, 0.717) is 11.6 Å². The number of pyridine rings is 2. The molecule has 0 atom stereocenters. The van der Waals surface area contributed by atoms with Crippen molar-refractivity contribution in [3.05, 3.63) is 108 Å². The van der Waals surface area contributed by atoms with Gasteiger partial charge in [-0.3, -0.25) is 0 Å². The van der Waals surface area contributed by atoms with Crippen LogP contribution < -0.4 is 0 Å². The molecule has 0 unspecified atom stereocenters. The molecule has 0 spiro atoms. The summed E-state index contributed by atoms with van der Waals surface area (Å²) in [6.45, 7) is 4.18. The summed E-state index contributed by atoms with van der Waals surface area (Å²) in [6.07, 6.45) is 1.55. The SMILES string of the molecule is [2H]c1ccc(-n2c3[c-]c(C(C)(C)c4ccc5cc([2H])cc(O)c5n4)ccc3c3ccccc32)nc1.[Pt]. The molecule has 6 aromatic rings. The van der Waals surface area contributed by atoms with E-state index in [1.165, 1.54) is 6.07 Å². The molecule has 0 amide bonds. The van der Waals surface area contributed by atoms with E-state index < -0.39 is 5.41 Å². The van der Waals surface area contributed by atoms with Crippen molar-refractivity contribution < 1.29 is 28.9 Å². The van der Waals surface area contributed by atoms with Crippen molar-refractivity contribution in [2.75, 3.05) is 0 Å². The molecule has 34 heavy (non-hydrogen) atoms. The number of hydrogen-bond acceptors (Lipinski definition) is 3. The van der Waals surface area contributed by atoms with E-state index in [2.05, 4.69) is 53.7 Å². The van der Waals surface area contributed by atoms with E-state index in [4.69, 9.17) is 7.73 Å². The van der Waals surface area contributed by atoms with Gasteiger partial charge in [-0.1, -0.05) is 61.8 Å². The van der Waals surface area contributed by atoms with Gasteiger partial charge in [0, 0.05) is 49.3 Å². The van der Waals surface area contributed by atoms with Gasteiger partial charge in [0.15, 0.2) is 0 Å². The van der Waals surface area contributed by atoms with Gasteiger partial charge in [-0.25, -0.2) is 9.97 Å². The largest absolute Gasteiger partial charge is 0.506 e. The summed E-state index contributed by atoms with van der Waals surface area (Å²) in [5.41, 5.74) is 3.67. The first kappa shape index (κ1) is 19.9. The van der Waals surface area contributed by atoms with Crippen molar-refractivity contribution in [3.63, 3.8) is 0 Å². The van der Waals surface area contributed by atoms with Crippen LogP contribution in [0.4, 0.5) is 0 Å². The summed E-state index contributed by atoms with van der Waals surface area (Å²) in [6, 6.07) is 27.2. The van der Waals surface area contributed by atoms with Crippen molar-refractivity contribution in [1.82, 2.24) is 14.5 Å². The monoisotopic (exact) mass is 625 g/mol. The zero-order chi connectivity index (χ0) is 24.3. The molecule has 170 valence electrons. The van der Waals surface area contributed by atoms with Gasteiger partial charge in [-0.15, -0.1) is 10.9 Å². The number of para-hydroxylation sites is 2. The van der Waals surface area contributed by atoms with Crippen molar-refractivity contribution in [3.8, 4) is 11.6 Å². The molecule has 0 radical (unpaired) electrons. The zero-order valence-electron chi connectivity index (χ0n) is 20.6. The number of fused-ring (bicyclic) bond motifs is 4. The molecular weight excluding hydrogens is 601 g/mol. The Labute approximate surface area is 215 Å². The Hall–Kier alpha value is -3.49. The second-order valence-electron chi connectivity index (χ2n) is 8.70. The third kappa shape index (κ3) is 3.41. The molecule has 0 aliphatic heterocycles. The average molecular weight is 626 g/mol. The number of hydrogen-bond donors (Lipinski definition) is 1. The Morgan fingerprint density at radius 1 is 0.912 bits per heavy atom. The van der Waals surface area contributed by atoms with E-state index >= 15 is 0 Å². The maximum atomic E-state index is 10.4. The number of phenols is 1. The number of benzene rings is 3. The van der Waals surface area contributed by atoms with E-state index in [1.807, 2.05) is 30.3 Å². The number of aromatic nitrogens is 3. The summed E-state index contributed by atoms with van der Waals surface area (Å²) < 4.78 is 17.7. The molecule has 0 aliphatic rings. The van der Waals surface area contributed by atoms with Crippen LogP contribution in [0.1, 0.15) is 27.8 Å². The fourth-order valence-corrected chi connectivity index (χ4v) is 4.50. The molecule has 1 N–H and O–H groups in total. The van der Waals surface area contributed by atoms with Crippen LogP contribution >= 0.6 is 0 Å². The number of nitrogens with zero attached hydrogens (tertiary/aromatic N) is 3. The van der Waals surface area contributed by atoms with E-state index in [-0.39, 0.29) is 32.9 Å². The molecule has 5 heteroatoms. The number of rotatable bonds is 3. The molecule has 0 aliphatic carbocycles. The van der Waals surface area contributed by atoms with Crippen molar-refractivity contribution >= 4 is 32.7 Å². The molecule has 0 bridgehead atoms. The van der Waals surface area contributed by atoms with Crippen LogP contribution in [0.15, 0.2) is 91.1 Å². The third-order valence-corrected chi connectivity index (χ3v) is 6.35. The van der Waals surface area contributed by atoms with E-state index in [9.17, 15) is 5.11 Å². The molecule has 3 aromatic carbocycles. The van der Waals surface area contributed by atoms with Crippen LogP contribution in [0, 0.1) is 6.07 Å². The maximum absolute atomic E-state index is 10.4. The van der Waals surface area contributed by atoms with Gasteiger partial charge in [0.1, 0.15) is 17.1 Å². The maximum Gasteiger partial charge on any atom is 0.141 e. The van der Waals surface area contributed by atoms with Crippen molar-refractivity contribution in [2.24, 2.45) is 0 Å². The fourth-order valence-electron chi connectivity index (χ4n) is 4.50. The third-order valence-electron chi connectivity index (χ3n) is 6.35. The molecule has 3 aromatic heterocycles. The molecule has 3 heterocycles. The Kier molecular flexibility index (Phi) is 4.91. The van der Waals surface area contributed by atoms with Gasteiger partial charge in [-0.2, -0.15) is 18.2 Å². The second kappa shape index (κ2) is 8.38. The summed E-state index contributed by atoms with van der Waals surface area (Å²) in [5, 5.41) is 13.3. The topological polar surface area (TPSA) is 50.9 Å². The van der Waals surface area contributed by atoms with Gasteiger partial charge in [0.05, 0.1) is 2.74 Å². The Morgan fingerprint density at radius 2 is 1.76 bits per heavy atom. The first-order valence-corrected chi connectivity index (χ1v) is 10.8. The minimum Gasteiger partial charge on any atom is -0.506 e. The fraction of sp³-hybridized carbons (Fsp3) is 0.103. The number of aromatic hydroxyl groups is 1. The molecular formula is C29H22N3OPt-. The Bertz CT molecular complexity index is 1760. The van der Waals surface area contributed by atoms with Crippen LogP contribution in [0.2, 0.25) is 0 Å². The van der Waals surface area contributed by atoms with Gasteiger partial charge in [0.2, 0.25) is 0 Å². The van der Waals surface area contributed by atoms with Gasteiger partial charge in [0.25, 0.3) is 0 Å². The second-order valence-corrected chi connectivity index (χ2v) is 8.70.